The number of H-pyrrole nitrogens is 1. The molecule has 0 aliphatic carbocycles. The van der Waals surface area contributed by atoms with Gasteiger partial charge in [-0.15, -0.1) is 11.3 Å². The van der Waals surface area contributed by atoms with Gasteiger partial charge in [-0.1, -0.05) is 30.3 Å². The van der Waals surface area contributed by atoms with Gasteiger partial charge in [0.2, 0.25) is 5.95 Å². The van der Waals surface area contributed by atoms with Gasteiger partial charge in [0.25, 0.3) is 5.91 Å². The molecule has 2 aromatic heterocycles. The first-order chi connectivity index (χ1) is 12.7. The van der Waals surface area contributed by atoms with Crippen molar-refractivity contribution in [3.05, 3.63) is 82.3 Å². The number of carbonyl (C=O) groups is 1. The van der Waals surface area contributed by atoms with E-state index in [2.05, 4.69) is 15.3 Å². The Morgan fingerprint density at radius 1 is 1.08 bits per heavy atom. The number of nitrogens with zero attached hydrogens (tertiary/aromatic N) is 1. The van der Waals surface area contributed by atoms with E-state index in [-0.39, 0.29) is 11.7 Å². The molecule has 4 rings (SSSR count). The molecular weight excluding hydrogens is 349 g/mol. The Hall–Kier alpha value is -3.25. The molecule has 2 N–H and O–H groups in total. The molecule has 128 valence electrons. The Kier molecular flexibility index (Phi) is 4.33. The zero-order valence-corrected chi connectivity index (χ0v) is 14.4. The first-order valence-corrected chi connectivity index (χ1v) is 8.84. The lowest BCUT2D eigenvalue weighted by Crippen LogP contribution is -2.14. The van der Waals surface area contributed by atoms with Crippen LogP contribution < -0.4 is 5.32 Å². The van der Waals surface area contributed by atoms with Gasteiger partial charge in [0.1, 0.15) is 5.82 Å². The largest absolute Gasteiger partial charge is 0.324 e. The fourth-order valence-corrected chi connectivity index (χ4v) is 3.27. The van der Waals surface area contributed by atoms with Crippen molar-refractivity contribution in [3.8, 4) is 0 Å². The summed E-state index contributed by atoms with van der Waals surface area (Å²) in [7, 11) is 0. The van der Waals surface area contributed by atoms with Crippen LogP contribution in [0.1, 0.15) is 10.4 Å². The number of hydrogen-bond donors (Lipinski definition) is 2. The van der Waals surface area contributed by atoms with Crippen LogP contribution in [-0.4, -0.2) is 15.9 Å². The molecule has 1 amide bonds. The van der Waals surface area contributed by atoms with Crippen molar-refractivity contribution in [3.63, 3.8) is 0 Å². The summed E-state index contributed by atoms with van der Waals surface area (Å²) in [5, 5.41) is 4.73. The third kappa shape index (κ3) is 3.41. The van der Waals surface area contributed by atoms with Crippen LogP contribution in [-0.2, 0) is 4.79 Å². The highest BCUT2D eigenvalue weighted by atomic mass is 32.1. The number of nitrogens with one attached hydrogen (secondary N) is 2. The lowest BCUT2D eigenvalue weighted by molar-refractivity contribution is -0.111. The van der Waals surface area contributed by atoms with Gasteiger partial charge in [-0.3, -0.25) is 10.1 Å². The summed E-state index contributed by atoms with van der Waals surface area (Å²) in [5.74, 6) is -0.290. The molecule has 0 radical (unpaired) electrons. The number of aromatic nitrogens is 2. The van der Waals surface area contributed by atoms with Crippen molar-refractivity contribution in [1.29, 1.82) is 0 Å². The lowest BCUT2D eigenvalue weighted by atomic mass is 10.0. The average molecular weight is 363 g/mol. The van der Waals surface area contributed by atoms with Crippen molar-refractivity contribution in [2.24, 2.45) is 0 Å². The summed E-state index contributed by atoms with van der Waals surface area (Å²) in [6.07, 6.45) is 1.79. The molecule has 0 aliphatic heterocycles. The van der Waals surface area contributed by atoms with Crippen LogP contribution in [0.4, 0.5) is 10.3 Å². The third-order valence-corrected chi connectivity index (χ3v) is 4.67. The molecule has 4 nitrogen and oxygen atoms in total. The monoisotopic (exact) mass is 363 g/mol. The number of halogens is 1. The summed E-state index contributed by atoms with van der Waals surface area (Å²) in [5.41, 5.74) is 2.68. The zero-order valence-electron chi connectivity index (χ0n) is 13.6. The van der Waals surface area contributed by atoms with Gasteiger partial charge >= 0.3 is 0 Å². The normalized spacial score (nSPS) is 11.7. The predicted octanol–water partition coefficient (Wildman–Crippen LogP) is 4.94. The minimum atomic E-state index is -0.345. The van der Waals surface area contributed by atoms with E-state index in [1.807, 2.05) is 41.8 Å². The molecule has 0 atom stereocenters. The van der Waals surface area contributed by atoms with Gasteiger partial charge in [-0.2, -0.15) is 0 Å². The number of hydrogen-bond acceptors (Lipinski definition) is 3. The van der Waals surface area contributed by atoms with E-state index in [0.717, 1.165) is 15.9 Å². The Balaban J connectivity index is 1.68. The maximum Gasteiger partial charge on any atom is 0.258 e. The second-order valence-electron chi connectivity index (χ2n) is 5.64. The fourth-order valence-electron chi connectivity index (χ4n) is 2.61. The minimum Gasteiger partial charge on any atom is -0.324 e. The number of imidazole rings is 1. The smallest absolute Gasteiger partial charge is 0.258 e. The fraction of sp³-hybridized carbons (Fsp3) is 0. The zero-order chi connectivity index (χ0) is 17.9. The van der Waals surface area contributed by atoms with E-state index in [9.17, 15) is 9.18 Å². The molecule has 0 bridgehead atoms. The molecule has 6 heteroatoms. The maximum atomic E-state index is 13.3. The van der Waals surface area contributed by atoms with Crippen molar-refractivity contribution >= 4 is 45.9 Å². The quantitative estimate of drug-likeness (QED) is 0.505. The second kappa shape index (κ2) is 6.93. The molecule has 0 spiro atoms. The molecule has 2 aromatic carbocycles. The highest BCUT2D eigenvalue weighted by Gasteiger charge is 2.15. The Labute approximate surface area is 153 Å². The van der Waals surface area contributed by atoms with Crippen LogP contribution in [0.25, 0.3) is 22.7 Å². The Morgan fingerprint density at radius 2 is 1.88 bits per heavy atom. The molecule has 0 saturated carbocycles. The van der Waals surface area contributed by atoms with Gasteiger partial charge in [-0.25, -0.2) is 9.37 Å². The SMILES string of the molecule is O=C(Nc1nc2ccccc2[nH]1)/C(=C/c1cccs1)c1ccc(F)cc1. The van der Waals surface area contributed by atoms with Gasteiger partial charge in [0.15, 0.2) is 0 Å². The van der Waals surface area contributed by atoms with Crippen molar-refractivity contribution in [1.82, 2.24) is 9.97 Å². The number of para-hydroxylation sites is 2. The number of amides is 1. The number of benzene rings is 2. The van der Waals surface area contributed by atoms with E-state index >= 15 is 0 Å². The standard InChI is InChI=1S/C20H14FN3OS/c21-14-9-7-13(8-10-14)16(12-15-4-3-11-26-15)19(25)24-20-22-17-5-1-2-6-18(17)23-20/h1-12H,(H2,22,23,24,25)/b16-12+. The maximum absolute atomic E-state index is 13.3. The lowest BCUT2D eigenvalue weighted by Gasteiger charge is -2.07. The van der Waals surface area contributed by atoms with E-state index in [0.29, 0.717) is 17.1 Å². The summed E-state index contributed by atoms with van der Waals surface area (Å²) in [6.45, 7) is 0. The molecule has 0 aliphatic rings. The first-order valence-electron chi connectivity index (χ1n) is 7.96. The topological polar surface area (TPSA) is 57.8 Å². The summed E-state index contributed by atoms with van der Waals surface area (Å²) < 4.78 is 13.3. The van der Waals surface area contributed by atoms with Gasteiger partial charge < -0.3 is 4.98 Å². The van der Waals surface area contributed by atoms with Crippen LogP contribution in [0.15, 0.2) is 66.0 Å². The summed E-state index contributed by atoms with van der Waals surface area (Å²) >= 11 is 1.52. The Morgan fingerprint density at radius 3 is 2.62 bits per heavy atom. The molecule has 2 heterocycles. The van der Waals surface area contributed by atoms with Gasteiger partial charge in [0, 0.05) is 10.5 Å². The highest BCUT2D eigenvalue weighted by molar-refractivity contribution is 7.11. The van der Waals surface area contributed by atoms with Crippen LogP contribution in [0.5, 0.6) is 0 Å². The minimum absolute atomic E-state index is 0.316. The first kappa shape index (κ1) is 16.2. The van der Waals surface area contributed by atoms with Gasteiger partial charge in [-0.05, 0) is 47.4 Å². The number of carbonyl (C=O) groups excluding carboxylic acids is 1. The van der Waals surface area contributed by atoms with E-state index in [1.165, 1.54) is 23.5 Å². The van der Waals surface area contributed by atoms with E-state index < -0.39 is 0 Å². The van der Waals surface area contributed by atoms with E-state index in [1.54, 1.807) is 18.2 Å². The van der Waals surface area contributed by atoms with Crippen molar-refractivity contribution < 1.29 is 9.18 Å². The number of aromatic amines is 1. The van der Waals surface area contributed by atoms with Crippen LogP contribution in [0, 0.1) is 5.82 Å². The number of fused-ring (bicyclic) bond motifs is 1. The van der Waals surface area contributed by atoms with Gasteiger partial charge in [0.05, 0.1) is 11.0 Å². The molecule has 26 heavy (non-hydrogen) atoms. The average Bonchev–Trinajstić information content (AvgIpc) is 3.29. The number of anilines is 1. The highest BCUT2D eigenvalue weighted by Crippen LogP contribution is 2.23. The summed E-state index contributed by atoms with van der Waals surface area (Å²) in [4.78, 5) is 21.2. The van der Waals surface area contributed by atoms with Crippen molar-refractivity contribution in [2.45, 2.75) is 0 Å². The molecule has 4 aromatic rings. The molecule has 0 saturated heterocycles. The van der Waals surface area contributed by atoms with Crippen LogP contribution >= 0.6 is 11.3 Å². The predicted molar refractivity (Wildman–Crippen MR) is 103 cm³/mol. The van der Waals surface area contributed by atoms with E-state index in [4.69, 9.17) is 0 Å². The molecular formula is C20H14FN3OS. The molecule has 0 unspecified atom stereocenters. The molecule has 0 fully saturated rings. The number of thiophene rings is 1. The number of rotatable bonds is 4. The van der Waals surface area contributed by atoms with Crippen LogP contribution in [0.2, 0.25) is 0 Å². The van der Waals surface area contributed by atoms with Crippen molar-refractivity contribution in [2.75, 3.05) is 5.32 Å². The van der Waals surface area contributed by atoms with Crippen LogP contribution in [0.3, 0.4) is 0 Å². The summed E-state index contributed by atoms with van der Waals surface area (Å²) in [6, 6.07) is 17.2. The third-order valence-electron chi connectivity index (χ3n) is 3.85. The Bertz CT molecular complexity index is 1050. The second-order valence-corrected chi connectivity index (χ2v) is 6.62.